The summed E-state index contributed by atoms with van der Waals surface area (Å²) in [5.74, 6) is 1.36. The Balaban J connectivity index is 0.000000144. The molecule has 4 saturated carbocycles. The van der Waals surface area contributed by atoms with Gasteiger partial charge in [-0.2, -0.15) is 5.26 Å². The van der Waals surface area contributed by atoms with Crippen LogP contribution in [0.3, 0.4) is 0 Å². The highest BCUT2D eigenvalue weighted by Gasteiger charge is 2.52. The van der Waals surface area contributed by atoms with Gasteiger partial charge in [-0.1, -0.05) is 371 Å². The van der Waals surface area contributed by atoms with Gasteiger partial charge in [-0.3, -0.25) is 19.2 Å². The first kappa shape index (κ1) is 106. The van der Waals surface area contributed by atoms with E-state index in [1.807, 2.05) is 255 Å². The summed E-state index contributed by atoms with van der Waals surface area (Å²) in [6, 6.07) is 121. The molecule has 12 aromatic carbocycles. The Morgan fingerprint density at radius 1 is 0.288 bits per heavy atom. The predicted molar refractivity (Wildman–Crippen MR) is 571 cm³/mol. The largest absolute Gasteiger partial charge is 0.467 e. The van der Waals surface area contributed by atoms with Crippen molar-refractivity contribution in [2.45, 2.75) is 161 Å². The molecule has 20 rings (SSSR count). The van der Waals surface area contributed by atoms with Crippen molar-refractivity contribution in [3.8, 4) is 6.07 Å². The molecular formula is C125H139N9O12. The Morgan fingerprint density at radius 2 is 0.466 bits per heavy atom. The fraction of sp³-hybridized carbons (Fsp3) is 0.352. The molecule has 0 unspecified atom stereocenters. The lowest BCUT2D eigenvalue weighted by Crippen LogP contribution is -2.44. The Kier molecular flexibility index (Phi) is 37.4. The van der Waals surface area contributed by atoms with E-state index in [0.717, 1.165) is 70.7 Å². The second-order valence-corrected chi connectivity index (χ2v) is 39.8. The van der Waals surface area contributed by atoms with Gasteiger partial charge in [0.1, 0.15) is 24.2 Å². The second kappa shape index (κ2) is 51.5. The van der Waals surface area contributed by atoms with Crippen molar-refractivity contribution in [3.05, 3.63) is 431 Å². The number of nitrogens with zero attached hydrogens (tertiary/aromatic N) is 7. The average molecular weight is 1960 g/mol. The monoisotopic (exact) mass is 1960 g/mol. The number of nitriles is 1. The zero-order valence-electron chi connectivity index (χ0n) is 84.0. The number of nitrogens with one attached hydrogen (secondary N) is 2. The number of benzene rings is 12. The summed E-state index contributed by atoms with van der Waals surface area (Å²) in [5.41, 5.74) is 13.0. The number of amides is 4. The molecular weight excluding hydrogens is 1820 g/mol. The first-order valence-corrected chi connectivity index (χ1v) is 51.2. The third-order valence-corrected chi connectivity index (χ3v) is 30.5. The molecule has 2 N–H and O–H groups in total. The molecule has 8 fully saturated rings. The van der Waals surface area contributed by atoms with Crippen LogP contribution in [0.15, 0.2) is 364 Å². The van der Waals surface area contributed by atoms with Gasteiger partial charge in [0.05, 0.1) is 58.2 Å². The van der Waals surface area contributed by atoms with Gasteiger partial charge >= 0.3 is 23.9 Å². The van der Waals surface area contributed by atoms with Crippen LogP contribution in [0.2, 0.25) is 0 Å². The number of rotatable bonds is 32. The molecule has 756 valence electrons. The van der Waals surface area contributed by atoms with E-state index in [1.54, 1.807) is 25.7 Å². The van der Waals surface area contributed by atoms with Crippen LogP contribution in [0.25, 0.3) is 0 Å². The summed E-state index contributed by atoms with van der Waals surface area (Å²) in [5, 5.41) is 14.6. The molecule has 4 amide bonds. The fourth-order valence-corrected chi connectivity index (χ4v) is 22.3. The molecule has 146 heavy (non-hydrogen) atoms. The Labute approximate surface area is 861 Å². The number of likely N-dealkylation sites (N-methyl/N-ethyl adjacent to an activating group) is 2. The molecule has 0 radical (unpaired) electrons. The summed E-state index contributed by atoms with van der Waals surface area (Å²) in [4.78, 5) is 119. The molecule has 4 aliphatic heterocycles. The second-order valence-electron chi connectivity index (χ2n) is 39.8. The average Bonchev–Trinajstić information content (AvgIpc) is 1.62. The van der Waals surface area contributed by atoms with E-state index < -0.39 is 47.8 Å². The van der Waals surface area contributed by atoms with Crippen molar-refractivity contribution in [2.75, 3.05) is 94.9 Å². The quantitative estimate of drug-likeness (QED) is 0.0294. The number of carbonyl (C=O) groups is 8. The zero-order valence-corrected chi connectivity index (χ0v) is 84.0. The maximum atomic E-state index is 14.1. The number of ether oxygens (including phenoxy) is 4. The minimum atomic E-state index is -0.580. The van der Waals surface area contributed by atoms with Crippen LogP contribution in [-0.2, 0) is 57.3 Å². The fourth-order valence-electron chi connectivity index (χ4n) is 22.3. The first-order valence-electron chi connectivity index (χ1n) is 51.2. The number of methoxy groups -OCH3 is 4. The van der Waals surface area contributed by atoms with E-state index in [-0.39, 0.29) is 79.1 Å². The smallest absolute Gasteiger partial charge is 0.328 e. The topological polar surface area (TPSA) is 241 Å². The summed E-state index contributed by atoms with van der Waals surface area (Å²) >= 11 is 0. The van der Waals surface area contributed by atoms with Crippen LogP contribution in [0, 0.1) is 35.0 Å². The third-order valence-electron chi connectivity index (χ3n) is 30.5. The van der Waals surface area contributed by atoms with Crippen LogP contribution in [0.5, 0.6) is 0 Å². The van der Waals surface area contributed by atoms with Crippen LogP contribution < -0.4 is 10.6 Å². The molecule has 4 saturated heterocycles. The van der Waals surface area contributed by atoms with E-state index >= 15 is 0 Å². The maximum absolute atomic E-state index is 14.1. The van der Waals surface area contributed by atoms with Gasteiger partial charge in [0.2, 0.25) is 23.6 Å². The van der Waals surface area contributed by atoms with Gasteiger partial charge < -0.3 is 59.0 Å². The van der Waals surface area contributed by atoms with Crippen LogP contribution in [0.4, 0.5) is 0 Å². The molecule has 12 aromatic rings. The van der Waals surface area contributed by atoms with Gasteiger partial charge in [0.15, 0.2) is 0 Å². The van der Waals surface area contributed by atoms with Crippen LogP contribution >= 0.6 is 0 Å². The minimum absolute atomic E-state index is 0. The van der Waals surface area contributed by atoms with E-state index in [1.165, 1.54) is 83.3 Å². The summed E-state index contributed by atoms with van der Waals surface area (Å²) in [6.07, 6.45) is 7.05. The minimum Gasteiger partial charge on any atom is -0.467 e. The normalized spacial score (nSPS) is 22.7. The summed E-state index contributed by atoms with van der Waals surface area (Å²) < 4.78 is 20.5. The van der Waals surface area contributed by atoms with E-state index in [0.29, 0.717) is 99.2 Å². The zero-order chi connectivity index (χ0) is 101. The van der Waals surface area contributed by atoms with Crippen molar-refractivity contribution < 1.29 is 57.3 Å². The van der Waals surface area contributed by atoms with Gasteiger partial charge in [-0.25, -0.2) is 19.2 Å². The van der Waals surface area contributed by atoms with Gasteiger partial charge in [0, 0.05) is 70.4 Å². The van der Waals surface area contributed by atoms with Gasteiger partial charge in [-0.05, 0) is 193 Å². The Hall–Kier alpha value is -14.3. The summed E-state index contributed by atoms with van der Waals surface area (Å²) in [7, 11) is 9.85. The lowest BCUT2D eigenvalue weighted by molar-refractivity contribution is -0.151. The molecule has 21 heteroatoms. The first-order chi connectivity index (χ1) is 70.8. The molecule has 0 spiro atoms. The standard InChI is InChI=1S/2C31H34N2O3.2C30H32N2O3.C2H3N.CH4/c2*1-32(20-25-18-27(25)22-12-6-3-7-13-22)26-19-28(31(35)36-2)33(21-26)30(34)29(23-14-8-4-9-15-23)24-16-10-5-11-17-24;2*1-35-30(34)27-18-25(31-19-24-17-26(24)21-11-5-2-6-12-21)20-32(27)29(33)28(22-13-7-3-8-14-22)23-15-9-4-10-16-23;1-2-3;/h2*3-17,25-29H,18-21H2,1-2H3;2*2-16,24-28,31H,17-20H2,1H3;1H3;1H4/t25-,26+,27-,28+;25-,26-,27-,28-;24-,25+,26-,27+;24-,25-,26-,27-;;/m1010../s1. The lowest BCUT2D eigenvalue weighted by Gasteiger charge is -2.29. The van der Waals surface area contributed by atoms with E-state index in [2.05, 4.69) is 144 Å². The van der Waals surface area contributed by atoms with E-state index in [4.69, 9.17) is 24.2 Å². The van der Waals surface area contributed by atoms with Crippen LogP contribution in [0.1, 0.15) is 180 Å². The molecule has 0 bridgehead atoms. The number of carbonyl (C=O) groups excluding carboxylic acids is 8. The molecule has 21 nitrogen and oxygen atoms in total. The SMILES string of the molecule is C.CC#N.COC(=O)[C@@H]1C[C@H](N(C)C[C@@H]2C[C@H]2c2ccccc2)CN1C(=O)C(c1ccccc1)c1ccccc1.COC(=O)[C@@H]1C[C@H](N(C)C[C@H]2C[C@@H]2c2ccccc2)CN1C(=O)C(c1ccccc1)c1ccccc1.COC(=O)[C@@H]1C[C@H](NC[C@@H]2C[C@H]2c2ccccc2)CN1C(=O)C(c1ccccc1)c1ccccc1.COC(=O)[C@@H]1C[C@H](NC[C@H]2C[C@@H]2c2ccccc2)CN1C(=O)C(c1ccccc1)c1ccccc1. The number of hydrogen-bond donors (Lipinski definition) is 2. The van der Waals surface area contributed by atoms with Crippen molar-refractivity contribution in [1.29, 1.82) is 5.26 Å². The number of likely N-dealkylation sites (tertiary alicyclic amines) is 4. The highest BCUT2D eigenvalue weighted by molar-refractivity contribution is 5.95. The highest BCUT2D eigenvalue weighted by Crippen LogP contribution is 2.52. The van der Waals surface area contributed by atoms with Crippen molar-refractivity contribution in [3.63, 3.8) is 0 Å². The Morgan fingerprint density at radius 3 is 0.671 bits per heavy atom. The molecule has 0 aromatic heterocycles. The summed E-state index contributed by atoms with van der Waals surface area (Å²) in [6.45, 7) is 7.17. The molecule has 4 aliphatic carbocycles. The lowest BCUT2D eigenvalue weighted by atomic mass is 9.90. The Bertz CT molecular complexity index is 5680. The van der Waals surface area contributed by atoms with E-state index in [9.17, 15) is 38.4 Å². The number of hydrogen-bond acceptors (Lipinski definition) is 17. The van der Waals surface area contributed by atoms with Crippen molar-refractivity contribution >= 4 is 47.5 Å². The number of esters is 4. The van der Waals surface area contributed by atoms with Crippen molar-refractivity contribution in [2.24, 2.45) is 23.7 Å². The van der Waals surface area contributed by atoms with Crippen LogP contribution in [-0.4, -0.2) is 220 Å². The van der Waals surface area contributed by atoms with Gasteiger partial charge in [0.25, 0.3) is 0 Å². The molecule has 8 aliphatic rings. The molecule has 16 atom stereocenters. The maximum Gasteiger partial charge on any atom is 0.328 e. The highest BCUT2D eigenvalue weighted by atomic mass is 16.5. The van der Waals surface area contributed by atoms with Crippen molar-refractivity contribution in [1.82, 2.24) is 40.0 Å². The van der Waals surface area contributed by atoms with Gasteiger partial charge in [-0.15, -0.1) is 0 Å². The third kappa shape index (κ3) is 26.7. The molecule has 4 heterocycles. The predicted octanol–water partition coefficient (Wildman–Crippen LogP) is 19.3.